The minimum Gasteiger partial charge on any atom is -0.374 e. The molecule has 94 valence electrons. The Kier molecular flexibility index (Phi) is 3.27. The van der Waals surface area contributed by atoms with Crippen molar-refractivity contribution in [1.29, 1.82) is 5.26 Å². The first-order chi connectivity index (χ1) is 8.79. The van der Waals surface area contributed by atoms with Crippen LogP contribution in [0.5, 0.6) is 0 Å². The third-order valence-corrected chi connectivity index (χ3v) is 4.37. The highest BCUT2D eigenvalue weighted by atomic mass is 79.9. The molecule has 1 aliphatic carbocycles. The van der Waals surface area contributed by atoms with Crippen molar-refractivity contribution in [3.63, 3.8) is 0 Å². The largest absolute Gasteiger partial charge is 0.374 e. The van der Waals surface area contributed by atoms with Crippen LogP contribution in [0.15, 0.2) is 22.7 Å². The summed E-state index contributed by atoms with van der Waals surface area (Å²) in [7, 11) is 0. The molecule has 1 aromatic rings. The normalized spacial score (nSPS) is 26.8. The molecule has 0 radical (unpaired) electrons. The monoisotopic (exact) mass is 306 g/mol. The highest BCUT2D eigenvalue weighted by Crippen LogP contribution is 2.35. The fraction of sp³-hybridized carbons (Fsp3) is 0.500. The first kappa shape index (κ1) is 12.0. The number of hydrogen-bond donors (Lipinski definition) is 0. The van der Waals surface area contributed by atoms with Gasteiger partial charge in [-0.3, -0.25) is 0 Å². The Morgan fingerprint density at radius 2 is 2.28 bits per heavy atom. The van der Waals surface area contributed by atoms with Crippen molar-refractivity contribution in [3.05, 3.63) is 28.2 Å². The molecule has 2 unspecified atom stereocenters. The average Bonchev–Trinajstić information content (AvgIpc) is 2.86. The predicted octanol–water partition coefficient (Wildman–Crippen LogP) is 3.08. The van der Waals surface area contributed by atoms with Crippen LogP contribution >= 0.6 is 15.9 Å². The van der Waals surface area contributed by atoms with Crippen LogP contribution in [0.1, 0.15) is 24.8 Å². The summed E-state index contributed by atoms with van der Waals surface area (Å²) in [5, 5.41) is 9.26. The summed E-state index contributed by atoms with van der Waals surface area (Å²) >= 11 is 3.50. The summed E-state index contributed by atoms with van der Waals surface area (Å²) in [5.41, 5.74) is 1.80. The van der Waals surface area contributed by atoms with Gasteiger partial charge in [0.05, 0.1) is 30.0 Å². The minimum atomic E-state index is 0.351. The SMILES string of the molecule is N#Cc1ccc(Br)cc1N1CCOC2CCCC21. The molecule has 4 heteroatoms. The summed E-state index contributed by atoms with van der Waals surface area (Å²) in [5.74, 6) is 0. The molecular weight excluding hydrogens is 292 g/mol. The minimum absolute atomic E-state index is 0.351. The van der Waals surface area contributed by atoms with Crippen LogP contribution in [0.3, 0.4) is 0 Å². The maximum atomic E-state index is 9.26. The second kappa shape index (κ2) is 4.91. The Morgan fingerprint density at radius 1 is 1.39 bits per heavy atom. The number of benzene rings is 1. The molecule has 1 aromatic carbocycles. The Balaban J connectivity index is 1.98. The van der Waals surface area contributed by atoms with Crippen LogP contribution in [-0.2, 0) is 4.74 Å². The van der Waals surface area contributed by atoms with E-state index in [0.29, 0.717) is 12.1 Å². The Hall–Kier alpha value is -1.05. The van der Waals surface area contributed by atoms with Crippen LogP contribution in [0.4, 0.5) is 5.69 Å². The highest BCUT2D eigenvalue weighted by molar-refractivity contribution is 9.10. The number of halogens is 1. The van der Waals surface area contributed by atoms with Gasteiger partial charge < -0.3 is 9.64 Å². The van der Waals surface area contributed by atoms with Gasteiger partial charge in [-0.2, -0.15) is 5.26 Å². The van der Waals surface area contributed by atoms with Crippen molar-refractivity contribution in [2.24, 2.45) is 0 Å². The summed E-state index contributed by atoms with van der Waals surface area (Å²) in [6.45, 7) is 1.64. The van der Waals surface area contributed by atoms with E-state index in [1.54, 1.807) is 0 Å². The standard InChI is InChI=1S/C14H15BrN2O/c15-11-5-4-10(9-16)13(8-11)17-6-7-18-14-3-1-2-12(14)17/h4-5,8,12,14H,1-3,6-7H2. The zero-order valence-corrected chi connectivity index (χ0v) is 11.7. The lowest BCUT2D eigenvalue weighted by Gasteiger charge is -2.39. The van der Waals surface area contributed by atoms with Crippen LogP contribution < -0.4 is 4.90 Å². The molecule has 2 aliphatic rings. The third-order valence-electron chi connectivity index (χ3n) is 3.87. The fourth-order valence-electron chi connectivity index (χ4n) is 3.06. The van der Waals surface area contributed by atoms with Gasteiger partial charge in [0.2, 0.25) is 0 Å². The first-order valence-electron chi connectivity index (χ1n) is 6.37. The number of nitrogens with zero attached hydrogens (tertiary/aromatic N) is 2. The van der Waals surface area contributed by atoms with E-state index in [1.165, 1.54) is 12.8 Å². The van der Waals surface area contributed by atoms with Gasteiger partial charge in [0.25, 0.3) is 0 Å². The van der Waals surface area contributed by atoms with Gasteiger partial charge in [-0.1, -0.05) is 15.9 Å². The van der Waals surface area contributed by atoms with Gasteiger partial charge in [0.1, 0.15) is 6.07 Å². The number of hydrogen-bond acceptors (Lipinski definition) is 3. The van der Waals surface area contributed by atoms with E-state index in [-0.39, 0.29) is 0 Å². The molecule has 3 rings (SSSR count). The van der Waals surface area contributed by atoms with Crippen molar-refractivity contribution < 1.29 is 4.74 Å². The summed E-state index contributed by atoms with van der Waals surface area (Å²) in [6, 6.07) is 8.61. The van der Waals surface area contributed by atoms with Gasteiger partial charge in [-0.15, -0.1) is 0 Å². The van der Waals surface area contributed by atoms with Crippen molar-refractivity contribution in [3.8, 4) is 6.07 Å². The van der Waals surface area contributed by atoms with E-state index in [9.17, 15) is 5.26 Å². The molecule has 3 nitrogen and oxygen atoms in total. The molecule has 1 heterocycles. The van der Waals surface area contributed by atoms with Crippen molar-refractivity contribution in [1.82, 2.24) is 0 Å². The molecule has 18 heavy (non-hydrogen) atoms. The molecular formula is C14H15BrN2O. The van der Waals surface area contributed by atoms with Crippen molar-refractivity contribution >= 4 is 21.6 Å². The number of nitriles is 1. The van der Waals surface area contributed by atoms with Gasteiger partial charge in [0.15, 0.2) is 0 Å². The van der Waals surface area contributed by atoms with Gasteiger partial charge in [-0.05, 0) is 37.5 Å². The third kappa shape index (κ3) is 2.02. The Labute approximate surface area is 115 Å². The molecule has 0 spiro atoms. The molecule has 0 amide bonds. The number of fused-ring (bicyclic) bond motifs is 1. The second-order valence-corrected chi connectivity index (χ2v) is 5.79. The molecule has 0 bridgehead atoms. The van der Waals surface area contributed by atoms with Crippen LogP contribution in [0.25, 0.3) is 0 Å². The predicted molar refractivity (Wildman–Crippen MR) is 73.6 cm³/mol. The van der Waals surface area contributed by atoms with Crippen molar-refractivity contribution in [2.75, 3.05) is 18.1 Å². The lowest BCUT2D eigenvalue weighted by atomic mass is 10.1. The van der Waals surface area contributed by atoms with E-state index in [0.717, 1.165) is 35.3 Å². The zero-order chi connectivity index (χ0) is 12.5. The van der Waals surface area contributed by atoms with E-state index in [4.69, 9.17) is 4.74 Å². The molecule has 1 aliphatic heterocycles. The molecule has 2 fully saturated rings. The summed E-state index contributed by atoms with van der Waals surface area (Å²) in [4.78, 5) is 2.37. The highest BCUT2D eigenvalue weighted by Gasteiger charge is 2.36. The second-order valence-electron chi connectivity index (χ2n) is 4.87. The Morgan fingerprint density at radius 3 is 3.11 bits per heavy atom. The first-order valence-corrected chi connectivity index (χ1v) is 7.17. The molecule has 0 N–H and O–H groups in total. The van der Waals surface area contributed by atoms with Crippen LogP contribution in [0, 0.1) is 11.3 Å². The van der Waals surface area contributed by atoms with Gasteiger partial charge in [0, 0.05) is 11.0 Å². The number of rotatable bonds is 1. The fourth-order valence-corrected chi connectivity index (χ4v) is 3.41. The number of ether oxygens (including phenoxy) is 1. The van der Waals surface area contributed by atoms with E-state index < -0.39 is 0 Å². The van der Waals surface area contributed by atoms with Crippen LogP contribution in [-0.4, -0.2) is 25.3 Å². The molecule has 1 saturated carbocycles. The van der Waals surface area contributed by atoms with E-state index in [1.807, 2.05) is 12.1 Å². The summed E-state index contributed by atoms with van der Waals surface area (Å²) < 4.78 is 6.85. The van der Waals surface area contributed by atoms with E-state index in [2.05, 4.69) is 33.0 Å². The quantitative estimate of drug-likeness (QED) is 0.800. The zero-order valence-electron chi connectivity index (χ0n) is 10.1. The maximum absolute atomic E-state index is 9.26. The van der Waals surface area contributed by atoms with Crippen molar-refractivity contribution in [2.45, 2.75) is 31.4 Å². The maximum Gasteiger partial charge on any atom is 0.101 e. The van der Waals surface area contributed by atoms with Gasteiger partial charge >= 0.3 is 0 Å². The molecule has 1 saturated heterocycles. The van der Waals surface area contributed by atoms with E-state index >= 15 is 0 Å². The lowest BCUT2D eigenvalue weighted by Crippen LogP contribution is -2.48. The Bertz CT molecular complexity index is 497. The van der Waals surface area contributed by atoms with Gasteiger partial charge in [-0.25, -0.2) is 0 Å². The van der Waals surface area contributed by atoms with Crippen LogP contribution in [0.2, 0.25) is 0 Å². The lowest BCUT2D eigenvalue weighted by molar-refractivity contribution is 0.0256. The number of morpholine rings is 1. The average molecular weight is 307 g/mol. The topological polar surface area (TPSA) is 36.3 Å². The molecule has 0 aromatic heterocycles. The number of anilines is 1. The summed E-state index contributed by atoms with van der Waals surface area (Å²) in [6.07, 6.45) is 3.89. The smallest absolute Gasteiger partial charge is 0.101 e. The molecule has 2 atom stereocenters.